The number of nitrogens with one attached hydrogen (secondary N) is 1. The molecule has 0 fully saturated rings. The van der Waals surface area contributed by atoms with Crippen LogP contribution in [0.15, 0.2) is 77.7 Å². The molecule has 0 bridgehead atoms. The first-order valence-electron chi connectivity index (χ1n) is 11.7. The van der Waals surface area contributed by atoms with Crippen LogP contribution in [0.2, 0.25) is 0 Å². The van der Waals surface area contributed by atoms with Crippen LogP contribution in [0.3, 0.4) is 0 Å². The first kappa shape index (κ1) is 26.0. The number of sulfonamides is 1. The molecule has 0 spiro atoms. The molecule has 1 aromatic heterocycles. The maximum atomic E-state index is 12.3. The van der Waals surface area contributed by atoms with E-state index in [1.165, 1.54) is 12.1 Å². The average Bonchev–Trinajstić information content (AvgIpc) is 3.18. The van der Waals surface area contributed by atoms with Crippen molar-refractivity contribution in [3.05, 3.63) is 95.3 Å². The Bertz CT molecular complexity index is 1490. The van der Waals surface area contributed by atoms with Gasteiger partial charge in [-0.3, -0.25) is 0 Å². The molecule has 0 saturated heterocycles. The minimum atomic E-state index is -3.98. The molecule has 3 aromatic carbocycles. The molecule has 4 aromatic rings. The van der Waals surface area contributed by atoms with Crippen LogP contribution in [0, 0.1) is 20.8 Å². The van der Waals surface area contributed by atoms with Gasteiger partial charge in [0.15, 0.2) is 0 Å². The number of carbonyl (C=O) groups excluding carboxylic acids is 1. The Labute approximate surface area is 216 Å². The van der Waals surface area contributed by atoms with Gasteiger partial charge in [0.1, 0.15) is 5.75 Å². The van der Waals surface area contributed by atoms with Gasteiger partial charge in [0.2, 0.25) is 0 Å². The summed E-state index contributed by atoms with van der Waals surface area (Å²) in [5.74, 6) is 0.802. The van der Waals surface area contributed by atoms with E-state index in [0.29, 0.717) is 6.42 Å². The molecule has 0 saturated carbocycles. The Morgan fingerprint density at radius 1 is 0.919 bits per heavy atom. The van der Waals surface area contributed by atoms with E-state index < -0.39 is 16.1 Å². The molecule has 4 rings (SSSR count). The molecule has 37 heavy (non-hydrogen) atoms. The van der Waals surface area contributed by atoms with Crippen LogP contribution in [0.5, 0.6) is 5.75 Å². The third-order valence-corrected chi connectivity index (χ3v) is 7.35. The minimum absolute atomic E-state index is 0.00457. The molecule has 9 heteroatoms. The van der Waals surface area contributed by atoms with Gasteiger partial charge in [-0.15, -0.1) is 0 Å². The Balaban J connectivity index is 1.36. The van der Waals surface area contributed by atoms with E-state index in [9.17, 15) is 13.2 Å². The summed E-state index contributed by atoms with van der Waals surface area (Å²) < 4.78 is 38.8. The predicted octanol–water partition coefficient (Wildman–Crippen LogP) is 5.13. The molecule has 192 valence electrons. The van der Waals surface area contributed by atoms with Gasteiger partial charge >= 0.3 is 6.09 Å². The number of nitrogens with zero attached hydrogens (tertiary/aromatic N) is 2. The van der Waals surface area contributed by atoms with Crippen LogP contribution in [0.25, 0.3) is 16.8 Å². The lowest BCUT2D eigenvalue weighted by molar-refractivity contribution is 0.154. The lowest BCUT2D eigenvalue weighted by Gasteiger charge is -2.09. The van der Waals surface area contributed by atoms with E-state index in [4.69, 9.17) is 14.6 Å². The summed E-state index contributed by atoms with van der Waals surface area (Å²) in [5.41, 5.74) is 6.85. The number of aromatic nitrogens is 2. The number of benzene rings is 3. The van der Waals surface area contributed by atoms with Gasteiger partial charge in [0.05, 0.1) is 30.0 Å². The van der Waals surface area contributed by atoms with Crippen LogP contribution in [0.4, 0.5) is 4.79 Å². The van der Waals surface area contributed by atoms with Crippen molar-refractivity contribution in [2.24, 2.45) is 0 Å². The van der Waals surface area contributed by atoms with Crippen molar-refractivity contribution in [3.63, 3.8) is 0 Å². The van der Waals surface area contributed by atoms with Crippen LogP contribution in [0.1, 0.15) is 22.5 Å². The SMILES string of the molecule is COc1ccc(-c2c(C)nn(-c3ccc(CCOC(=O)NS(=O)(=O)c4ccc(C)cc4)cc3)c2C)cc1. The molecule has 1 amide bonds. The van der Waals surface area contributed by atoms with Gasteiger partial charge < -0.3 is 9.47 Å². The van der Waals surface area contributed by atoms with E-state index in [-0.39, 0.29) is 11.5 Å². The van der Waals surface area contributed by atoms with Crippen molar-refractivity contribution < 1.29 is 22.7 Å². The summed E-state index contributed by atoms with van der Waals surface area (Å²) in [5, 5.41) is 4.73. The molecule has 0 aliphatic rings. The van der Waals surface area contributed by atoms with Crippen molar-refractivity contribution in [3.8, 4) is 22.6 Å². The normalized spacial score (nSPS) is 11.2. The molecule has 0 atom stereocenters. The molecular weight excluding hydrogens is 490 g/mol. The molecule has 0 aliphatic heterocycles. The zero-order valence-corrected chi connectivity index (χ0v) is 22.0. The molecule has 1 heterocycles. The van der Waals surface area contributed by atoms with Crippen molar-refractivity contribution in [2.75, 3.05) is 13.7 Å². The highest BCUT2D eigenvalue weighted by Gasteiger charge is 2.18. The zero-order chi connectivity index (χ0) is 26.6. The molecule has 0 radical (unpaired) electrons. The number of ether oxygens (including phenoxy) is 2. The van der Waals surface area contributed by atoms with Gasteiger partial charge in [-0.2, -0.15) is 5.10 Å². The lowest BCUT2D eigenvalue weighted by Crippen LogP contribution is -2.31. The summed E-state index contributed by atoms with van der Waals surface area (Å²) in [6.45, 7) is 5.90. The second-order valence-electron chi connectivity index (χ2n) is 8.66. The Kier molecular flexibility index (Phi) is 7.63. The summed E-state index contributed by atoms with van der Waals surface area (Å²) in [7, 11) is -2.33. The number of carbonyl (C=O) groups is 1. The van der Waals surface area contributed by atoms with E-state index in [1.807, 2.05) is 78.7 Å². The number of hydrogen-bond donors (Lipinski definition) is 1. The number of aryl methyl sites for hydroxylation is 2. The van der Waals surface area contributed by atoms with Crippen LogP contribution >= 0.6 is 0 Å². The minimum Gasteiger partial charge on any atom is -0.497 e. The molecule has 1 N–H and O–H groups in total. The van der Waals surface area contributed by atoms with Gasteiger partial charge in [-0.25, -0.2) is 22.6 Å². The summed E-state index contributed by atoms with van der Waals surface area (Å²) in [6, 6.07) is 21.9. The zero-order valence-electron chi connectivity index (χ0n) is 21.2. The number of hydrogen-bond acceptors (Lipinski definition) is 6. The largest absolute Gasteiger partial charge is 0.497 e. The summed E-state index contributed by atoms with van der Waals surface area (Å²) in [6.07, 6.45) is -0.571. The fourth-order valence-corrected chi connectivity index (χ4v) is 4.94. The highest BCUT2D eigenvalue weighted by atomic mass is 32.2. The van der Waals surface area contributed by atoms with Crippen LogP contribution < -0.4 is 9.46 Å². The van der Waals surface area contributed by atoms with Crippen LogP contribution in [-0.2, 0) is 21.2 Å². The number of rotatable bonds is 8. The van der Waals surface area contributed by atoms with Gasteiger partial charge in [0.25, 0.3) is 10.0 Å². The van der Waals surface area contributed by atoms with Crippen LogP contribution in [-0.4, -0.2) is 38.0 Å². The van der Waals surface area contributed by atoms with E-state index in [0.717, 1.165) is 45.1 Å². The van der Waals surface area contributed by atoms with E-state index in [1.54, 1.807) is 19.2 Å². The summed E-state index contributed by atoms with van der Waals surface area (Å²) in [4.78, 5) is 12.0. The fourth-order valence-electron chi connectivity index (χ4n) is 4.05. The fraction of sp³-hybridized carbons (Fsp3) is 0.214. The molecule has 0 aliphatic carbocycles. The van der Waals surface area contributed by atoms with E-state index >= 15 is 0 Å². The maximum absolute atomic E-state index is 12.3. The first-order valence-corrected chi connectivity index (χ1v) is 13.2. The third kappa shape index (κ3) is 6.00. The second kappa shape index (κ2) is 10.9. The lowest BCUT2D eigenvalue weighted by atomic mass is 10.0. The molecule has 0 unspecified atom stereocenters. The van der Waals surface area contributed by atoms with Crippen molar-refractivity contribution in [1.29, 1.82) is 0 Å². The molecular formula is C28H29N3O5S. The standard InChI is InChI=1S/C28H29N3O5S/c1-19-5-15-26(16-6-19)37(33,34)30-28(32)36-18-17-22-7-11-24(12-8-22)31-21(3)27(20(2)29-31)23-9-13-25(35-4)14-10-23/h5-16H,17-18H2,1-4H3,(H,30,32). The van der Waals surface area contributed by atoms with Crippen molar-refractivity contribution in [1.82, 2.24) is 14.5 Å². The highest BCUT2D eigenvalue weighted by molar-refractivity contribution is 7.90. The predicted molar refractivity (Wildman–Crippen MR) is 142 cm³/mol. The second-order valence-corrected chi connectivity index (χ2v) is 10.3. The summed E-state index contributed by atoms with van der Waals surface area (Å²) >= 11 is 0. The quantitative estimate of drug-likeness (QED) is 0.346. The Hall–Kier alpha value is -4.11. The monoisotopic (exact) mass is 519 g/mol. The van der Waals surface area contributed by atoms with Crippen molar-refractivity contribution >= 4 is 16.1 Å². The number of amides is 1. The first-order chi connectivity index (χ1) is 17.7. The Morgan fingerprint density at radius 2 is 1.57 bits per heavy atom. The average molecular weight is 520 g/mol. The highest BCUT2D eigenvalue weighted by Crippen LogP contribution is 2.30. The van der Waals surface area contributed by atoms with Crippen molar-refractivity contribution in [2.45, 2.75) is 32.1 Å². The number of methoxy groups -OCH3 is 1. The van der Waals surface area contributed by atoms with Gasteiger partial charge in [-0.05, 0) is 68.3 Å². The third-order valence-electron chi connectivity index (χ3n) is 6.02. The van der Waals surface area contributed by atoms with E-state index in [2.05, 4.69) is 0 Å². The van der Waals surface area contributed by atoms with Gasteiger partial charge in [-0.1, -0.05) is 42.0 Å². The molecule has 8 nitrogen and oxygen atoms in total. The smallest absolute Gasteiger partial charge is 0.421 e. The topological polar surface area (TPSA) is 99.5 Å². The Morgan fingerprint density at radius 3 is 2.19 bits per heavy atom. The van der Waals surface area contributed by atoms with Gasteiger partial charge in [0, 0.05) is 17.7 Å². The maximum Gasteiger partial charge on any atom is 0.421 e.